The standard InChI is InChI=1S/C16H23ClN2O2/c1-18(10-13-5-4-6-14(17)9-13)16(21)11-19-8-3-2-7-15(19)12-20/h4-6,9,15,20H,2-3,7-8,10-12H2,1H3. The highest BCUT2D eigenvalue weighted by molar-refractivity contribution is 6.30. The van der Waals surface area contributed by atoms with Crippen molar-refractivity contribution in [3.8, 4) is 0 Å². The van der Waals surface area contributed by atoms with Crippen molar-refractivity contribution >= 4 is 17.5 Å². The van der Waals surface area contributed by atoms with Crippen LogP contribution in [-0.4, -0.2) is 53.6 Å². The number of piperidine rings is 1. The summed E-state index contributed by atoms with van der Waals surface area (Å²) >= 11 is 5.96. The van der Waals surface area contributed by atoms with E-state index in [0.717, 1.165) is 31.4 Å². The fourth-order valence-electron chi connectivity index (χ4n) is 2.77. The molecule has 1 aromatic carbocycles. The number of carbonyl (C=O) groups excluding carboxylic acids is 1. The normalized spacial score (nSPS) is 19.5. The Morgan fingerprint density at radius 2 is 2.29 bits per heavy atom. The maximum Gasteiger partial charge on any atom is 0.236 e. The molecule has 1 unspecified atom stereocenters. The molecule has 116 valence electrons. The average molecular weight is 311 g/mol. The van der Waals surface area contributed by atoms with Crippen LogP contribution in [0.15, 0.2) is 24.3 Å². The molecule has 1 heterocycles. The lowest BCUT2D eigenvalue weighted by atomic mass is 10.0. The largest absolute Gasteiger partial charge is 0.395 e. The van der Waals surface area contributed by atoms with Crippen molar-refractivity contribution < 1.29 is 9.90 Å². The number of aliphatic hydroxyl groups excluding tert-OH is 1. The molecule has 1 aliphatic rings. The van der Waals surface area contributed by atoms with Crippen LogP contribution in [0, 0.1) is 0 Å². The van der Waals surface area contributed by atoms with Gasteiger partial charge in [0, 0.05) is 24.7 Å². The average Bonchev–Trinajstić information content (AvgIpc) is 2.47. The van der Waals surface area contributed by atoms with Crippen LogP contribution in [0.1, 0.15) is 24.8 Å². The number of benzene rings is 1. The molecular weight excluding hydrogens is 288 g/mol. The van der Waals surface area contributed by atoms with Crippen molar-refractivity contribution in [2.24, 2.45) is 0 Å². The Balaban J connectivity index is 1.90. The Bertz CT molecular complexity index is 481. The molecule has 1 atom stereocenters. The summed E-state index contributed by atoms with van der Waals surface area (Å²) in [7, 11) is 1.81. The van der Waals surface area contributed by atoms with E-state index in [1.54, 1.807) is 11.9 Å². The fraction of sp³-hybridized carbons (Fsp3) is 0.562. The molecule has 4 nitrogen and oxygen atoms in total. The zero-order valence-electron chi connectivity index (χ0n) is 12.5. The van der Waals surface area contributed by atoms with E-state index < -0.39 is 0 Å². The second-order valence-corrected chi connectivity index (χ2v) is 6.12. The van der Waals surface area contributed by atoms with Crippen LogP contribution in [0.4, 0.5) is 0 Å². The minimum Gasteiger partial charge on any atom is -0.395 e. The molecule has 2 rings (SSSR count). The minimum absolute atomic E-state index is 0.0790. The van der Waals surface area contributed by atoms with Gasteiger partial charge in [-0.3, -0.25) is 9.69 Å². The van der Waals surface area contributed by atoms with Crippen LogP contribution in [0.5, 0.6) is 0 Å². The number of hydrogen-bond acceptors (Lipinski definition) is 3. The summed E-state index contributed by atoms with van der Waals surface area (Å²) in [6.07, 6.45) is 3.21. The van der Waals surface area contributed by atoms with Crippen molar-refractivity contribution in [2.45, 2.75) is 31.8 Å². The van der Waals surface area contributed by atoms with E-state index in [9.17, 15) is 9.90 Å². The van der Waals surface area contributed by atoms with E-state index in [1.165, 1.54) is 0 Å². The zero-order chi connectivity index (χ0) is 15.2. The summed E-state index contributed by atoms with van der Waals surface area (Å²) < 4.78 is 0. The Labute approximate surface area is 131 Å². The maximum atomic E-state index is 12.3. The molecule has 5 heteroatoms. The molecule has 0 saturated carbocycles. The van der Waals surface area contributed by atoms with Crippen LogP contribution in [0.3, 0.4) is 0 Å². The second-order valence-electron chi connectivity index (χ2n) is 5.68. The van der Waals surface area contributed by atoms with Gasteiger partial charge in [-0.1, -0.05) is 30.2 Å². The van der Waals surface area contributed by atoms with Gasteiger partial charge in [0.05, 0.1) is 13.2 Å². The van der Waals surface area contributed by atoms with Gasteiger partial charge < -0.3 is 10.0 Å². The molecule has 21 heavy (non-hydrogen) atoms. The quantitative estimate of drug-likeness (QED) is 0.906. The molecule has 0 aliphatic carbocycles. The summed E-state index contributed by atoms with van der Waals surface area (Å²) in [6, 6.07) is 7.69. The van der Waals surface area contributed by atoms with Gasteiger partial charge in [-0.25, -0.2) is 0 Å². The van der Waals surface area contributed by atoms with E-state index in [4.69, 9.17) is 11.6 Å². The van der Waals surface area contributed by atoms with Crippen molar-refractivity contribution in [3.63, 3.8) is 0 Å². The molecule has 1 aromatic rings. The Morgan fingerprint density at radius 3 is 3.00 bits per heavy atom. The lowest BCUT2D eigenvalue weighted by molar-refractivity contribution is -0.132. The summed E-state index contributed by atoms with van der Waals surface area (Å²) in [4.78, 5) is 16.1. The molecule has 0 bridgehead atoms. The van der Waals surface area contributed by atoms with Crippen molar-refractivity contribution in [1.82, 2.24) is 9.80 Å². The predicted octanol–water partition coefficient (Wildman–Crippen LogP) is 2.15. The first-order valence-electron chi connectivity index (χ1n) is 7.43. The highest BCUT2D eigenvalue weighted by atomic mass is 35.5. The van der Waals surface area contributed by atoms with Crippen molar-refractivity contribution in [3.05, 3.63) is 34.9 Å². The lowest BCUT2D eigenvalue weighted by Crippen LogP contribution is -2.47. The van der Waals surface area contributed by atoms with Crippen LogP contribution in [0.2, 0.25) is 5.02 Å². The molecule has 1 fully saturated rings. The zero-order valence-corrected chi connectivity index (χ0v) is 13.2. The summed E-state index contributed by atoms with van der Waals surface area (Å²) in [5.41, 5.74) is 1.02. The van der Waals surface area contributed by atoms with E-state index in [2.05, 4.69) is 4.90 Å². The van der Waals surface area contributed by atoms with Gasteiger partial charge in [-0.2, -0.15) is 0 Å². The highest BCUT2D eigenvalue weighted by Gasteiger charge is 2.24. The maximum absolute atomic E-state index is 12.3. The first kappa shape index (κ1) is 16.3. The van der Waals surface area contributed by atoms with Gasteiger partial charge in [-0.15, -0.1) is 0 Å². The summed E-state index contributed by atoms with van der Waals surface area (Å²) in [5.74, 6) is 0.0790. The molecule has 1 N–H and O–H groups in total. The SMILES string of the molecule is CN(Cc1cccc(Cl)c1)C(=O)CN1CCCCC1CO. The van der Waals surface area contributed by atoms with Gasteiger partial charge >= 0.3 is 0 Å². The number of carbonyl (C=O) groups is 1. The number of likely N-dealkylation sites (N-methyl/N-ethyl adjacent to an activating group) is 1. The van der Waals surface area contributed by atoms with E-state index >= 15 is 0 Å². The van der Waals surface area contributed by atoms with Gasteiger partial charge in [0.2, 0.25) is 5.91 Å². The van der Waals surface area contributed by atoms with E-state index in [-0.39, 0.29) is 18.6 Å². The Kier molecular flexibility index (Phi) is 6.03. The lowest BCUT2D eigenvalue weighted by Gasteiger charge is -2.34. The van der Waals surface area contributed by atoms with Gasteiger partial charge in [-0.05, 0) is 37.1 Å². The summed E-state index contributed by atoms with van der Waals surface area (Å²) in [5, 5.41) is 10.1. The topological polar surface area (TPSA) is 43.8 Å². The number of halogens is 1. The third-order valence-electron chi connectivity index (χ3n) is 4.03. The molecule has 0 radical (unpaired) electrons. The molecule has 0 aromatic heterocycles. The number of likely N-dealkylation sites (tertiary alicyclic amines) is 1. The number of nitrogens with zero attached hydrogens (tertiary/aromatic N) is 2. The van der Waals surface area contributed by atoms with E-state index in [0.29, 0.717) is 18.1 Å². The van der Waals surface area contributed by atoms with Gasteiger partial charge in [0.1, 0.15) is 0 Å². The molecule has 0 spiro atoms. The van der Waals surface area contributed by atoms with Crippen molar-refractivity contribution in [1.29, 1.82) is 0 Å². The number of aliphatic hydroxyl groups is 1. The first-order chi connectivity index (χ1) is 10.1. The first-order valence-corrected chi connectivity index (χ1v) is 7.81. The highest BCUT2D eigenvalue weighted by Crippen LogP contribution is 2.17. The predicted molar refractivity (Wildman–Crippen MR) is 84.2 cm³/mol. The van der Waals surface area contributed by atoms with Gasteiger partial charge in [0.25, 0.3) is 0 Å². The van der Waals surface area contributed by atoms with Crippen LogP contribution >= 0.6 is 11.6 Å². The summed E-state index contributed by atoms with van der Waals surface area (Å²) in [6.45, 7) is 1.95. The fourth-order valence-corrected chi connectivity index (χ4v) is 2.98. The number of hydrogen-bond donors (Lipinski definition) is 1. The number of amides is 1. The third-order valence-corrected chi connectivity index (χ3v) is 4.27. The second kappa shape index (κ2) is 7.78. The Hall–Kier alpha value is -1.10. The van der Waals surface area contributed by atoms with Crippen LogP contribution in [-0.2, 0) is 11.3 Å². The monoisotopic (exact) mass is 310 g/mol. The molecule has 1 amide bonds. The smallest absolute Gasteiger partial charge is 0.236 e. The molecule has 1 saturated heterocycles. The number of rotatable bonds is 5. The van der Waals surface area contributed by atoms with Gasteiger partial charge in [0.15, 0.2) is 0 Å². The van der Waals surface area contributed by atoms with Crippen molar-refractivity contribution in [2.75, 3.05) is 26.7 Å². The minimum atomic E-state index is 0.0790. The molecule has 1 aliphatic heterocycles. The third kappa shape index (κ3) is 4.70. The Morgan fingerprint density at radius 1 is 1.48 bits per heavy atom. The van der Waals surface area contributed by atoms with Crippen LogP contribution in [0.25, 0.3) is 0 Å². The molecular formula is C16H23ClN2O2. The van der Waals surface area contributed by atoms with Crippen LogP contribution < -0.4 is 0 Å². The van der Waals surface area contributed by atoms with E-state index in [1.807, 2.05) is 24.3 Å².